The second-order valence-electron chi connectivity index (χ2n) is 4.37. The molecule has 2 aromatic rings. The minimum atomic E-state index is -0.907. The van der Waals surface area contributed by atoms with Crippen molar-refractivity contribution in [3.8, 4) is 0 Å². The van der Waals surface area contributed by atoms with Crippen LogP contribution in [-0.4, -0.2) is 25.8 Å². The Kier molecular flexibility index (Phi) is 2.14. The Bertz CT molecular complexity index is 599. The van der Waals surface area contributed by atoms with Gasteiger partial charge >= 0.3 is 5.97 Å². The molecule has 0 spiro atoms. The fourth-order valence-electron chi connectivity index (χ4n) is 2.06. The van der Waals surface area contributed by atoms with Crippen molar-refractivity contribution in [2.45, 2.75) is 32.2 Å². The molecule has 1 N–H and O–H groups in total. The van der Waals surface area contributed by atoms with Gasteiger partial charge in [-0.3, -0.25) is 0 Å². The Balaban J connectivity index is 2.29. The highest BCUT2D eigenvalue weighted by Crippen LogP contribution is 2.40. The van der Waals surface area contributed by atoms with Crippen molar-refractivity contribution in [1.82, 2.24) is 14.8 Å². The first-order valence-corrected chi connectivity index (χ1v) is 5.80. The molecular weight excluding hydrogens is 218 g/mol. The third-order valence-corrected chi connectivity index (χ3v) is 3.15. The van der Waals surface area contributed by atoms with E-state index in [9.17, 15) is 9.90 Å². The lowest BCUT2D eigenvalue weighted by molar-refractivity contribution is 0.0699. The zero-order chi connectivity index (χ0) is 12.0. The van der Waals surface area contributed by atoms with E-state index >= 15 is 0 Å². The van der Waals surface area contributed by atoms with E-state index in [0.29, 0.717) is 29.1 Å². The second-order valence-corrected chi connectivity index (χ2v) is 4.37. The molecule has 0 saturated heterocycles. The molecule has 88 valence electrons. The van der Waals surface area contributed by atoms with Crippen molar-refractivity contribution in [3.05, 3.63) is 23.5 Å². The minimum absolute atomic E-state index is 0.316. The average molecular weight is 231 g/mol. The molecule has 0 atom stereocenters. The molecule has 0 aromatic carbocycles. The smallest absolute Gasteiger partial charge is 0.336 e. The molecule has 2 heterocycles. The van der Waals surface area contributed by atoms with Crippen LogP contribution in [0.1, 0.15) is 41.7 Å². The van der Waals surface area contributed by atoms with Gasteiger partial charge < -0.3 is 5.11 Å². The maximum atomic E-state index is 11.2. The van der Waals surface area contributed by atoms with Gasteiger partial charge in [-0.2, -0.15) is 5.10 Å². The van der Waals surface area contributed by atoms with Crippen LogP contribution in [-0.2, 0) is 6.54 Å². The summed E-state index contributed by atoms with van der Waals surface area (Å²) in [6.45, 7) is 2.67. The van der Waals surface area contributed by atoms with Crippen LogP contribution >= 0.6 is 0 Å². The fraction of sp³-hybridized carbons (Fsp3) is 0.417. The van der Waals surface area contributed by atoms with Gasteiger partial charge in [0.1, 0.15) is 0 Å². The monoisotopic (exact) mass is 231 g/mol. The Hall–Kier alpha value is -1.91. The van der Waals surface area contributed by atoms with Gasteiger partial charge in [-0.05, 0) is 25.8 Å². The summed E-state index contributed by atoms with van der Waals surface area (Å²) in [7, 11) is 0. The van der Waals surface area contributed by atoms with E-state index < -0.39 is 5.97 Å². The summed E-state index contributed by atoms with van der Waals surface area (Å²) in [5, 5.41) is 14.0. The number of carbonyl (C=O) groups is 1. The molecule has 17 heavy (non-hydrogen) atoms. The summed E-state index contributed by atoms with van der Waals surface area (Å²) in [5.74, 6) is -0.465. The van der Waals surface area contributed by atoms with Crippen LogP contribution in [0, 0.1) is 0 Å². The number of hydrogen-bond donors (Lipinski definition) is 1. The second kappa shape index (κ2) is 3.55. The quantitative estimate of drug-likeness (QED) is 0.877. The zero-order valence-corrected chi connectivity index (χ0v) is 9.55. The standard InChI is InChI=1S/C12H13N3O2/c1-2-15-11-9(6-13-15)8(12(16)17)5-10(14-11)7-3-4-7/h5-7H,2-4H2,1H3,(H,16,17). The number of aryl methyl sites for hydroxylation is 1. The Labute approximate surface area is 98.1 Å². The summed E-state index contributed by atoms with van der Waals surface area (Å²) in [4.78, 5) is 15.8. The normalized spacial score (nSPS) is 15.4. The maximum absolute atomic E-state index is 11.2. The molecule has 5 nitrogen and oxygen atoms in total. The molecule has 2 aromatic heterocycles. The van der Waals surface area contributed by atoms with E-state index in [-0.39, 0.29) is 0 Å². The highest BCUT2D eigenvalue weighted by Gasteiger charge is 2.27. The molecule has 0 unspecified atom stereocenters. The third-order valence-electron chi connectivity index (χ3n) is 3.15. The van der Waals surface area contributed by atoms with E-state index in [4.69, 9.17) is 0 Å². The van der Waals surface area contributed by atoms with Gasteiger partial charge in [-0.1, -0.05) is 0 Å². The first kappa shape index (κ1) is 10.3. The molecule has 0 amide bonds. The molecule has 3 rings (SSSR count). The number of carboxylic acid groups (broad SMARTS) is 1. The predicted octanol–water partition coefficient (Wildman–Crippen LogP) is 2.03. The number of nitrogens with zero attached hydrogens (tertiary/aromatic N) is 3. The van der Waals surface area contributed by atoms with Crippen molar-refractivity contribution in [3.63, 3.8) is 0 Å². The highest BCUT2D eigenvalue weighted by molar-refractivity contribution is 6.01. The number of carboxylic acids is 1. The van der Waals surface area contributed by atoms with Crippen LogP contribution in [0.15, 0.2) is 12.3 Å². The number of aromatic nitrogens is 3. The first-order valence-electron chi connectivity index (χ1n) is 5.80. The minimum Gasteiger partial charge on any atom is -0.478 e. The zero-order valence-electron chi connectivity index (χ0n) is 9.55. The van der Waals surface area contributed by atoms with Crippen molar-refractivity contribution in [2.75, 3.05) is 0 Å². The molecule has 1 fully saturated rings. The van der Waals surface area contributed by atoms with Crippen LogP contribution in [0.3, 0.4) is 0 Å². The molecule has 0 bridgehead atoms. The lowest BCUT2D eigenvalue weighted by Gasteiger charge is -2.04. The van der Waals surface area contributed by atoms with Crippen LogP contribution < -0.4 is 0 Å². The lowest BCUT2D eigenvalue weighted by atomic mass is 10.1. The van der Waals surface area contributed by atoms with Gasteiger partial charge in [0.05, 0.1) is 17.1 Å². The maximum Gasteiger partial charge on any atom is 0.336 e. The fourth-order valence-corrected chi connectivity index (χ4v) is 2.06. The van der Waals surface area contributed by atoms with Crippen LogP contribution in [0.5, 0.6) is 0 Å². The van der Waals surface area contributed by atoms with Crippen molar-refractivity contribution < 1.29 is 9.90 Å². The predicted molar refractivity (Wildman–Crippen MR) is 62.1 cm³/mol. The van der Waals surface area contributed by atoms with E-state index in [1.807, 2.05) is 6.92 Å². The molecular formula is C12H13N3O2. The van der Waals surface area contributed by atoms with Gasteiger partial charge in [0, 0.05) is 18.2 Å². The van der Waals surface area contributed by atoms with Crippen molar-refractivity contribution in [1.29, 1.82) is 0 Å². The van der Waals surface area contributed by atoms with Crippen molar-refractivity contribution >= 4 is 17.0 Å². The average Bonchev–Trinajstić information content (AvgIpc) is 3.08. The third kappa shape index (κ3) is 1.58. The first-order chi connectivity index (χ1) is 8.20. The Morgan fingerprint density at radius 2 is 2.35 bits per heavy atom. The number of rotatable bonds is 3. The molecule has 1 saturated carbocycles. The largest absolute Gasteiger partial charge is 0.478 e. The van der Waals surface area contributed by atoms with Crippen LogP contribution in [0.4, 0.5) is 0 Å². The number of pyridine rings is 1. The summed E-state index contributed by atoms with van der Waals surface area (Å²) in [6.07, 6.45) is 3.81. The summed E-state index contributed by atoms with van der Waals surface area (Å²) in [5.41, 5.74) is 1.90. The van der Waals surface area contributed by atoms with E-state index in [0.717, 1.165) is 18.5 Å². The van der Waals surface area contributed by atoms with Gasteiger partial charge in [-0.15, -0.1) is 0 Å². The molecule has 0 aliphatic heterocycles. The van der Waals surface area contributed by atoms with Gasteiger partial charge in [-0.25, -0.2) is 14.5 Å². The van der Waals surface area contributed by atoms with Gasteiger partial charge in [0.2, 0.25) is 0 Å². The van der Waals surface area contributed by atoms with Gasteiger partial charge in [0.15, 0.2) is 5.65 Å². The number of aromatic carboxylic acids is 1. The van der Waals surface area contributed by atoms with Crippen LogP contribution in [0.25, 0.3) is 11.0 Å². The SMILES string of the molecule is CCn1ncc2c(C(=O)O)cc(C3CC3)nc21. The van der Waals surface area contributed by atoms with E-state index in [1.54, 1.807) is 16.9 Å². The summed E-state index contributed by atoms with van der Waals surface area (Å²) in [6, 6.07) is 1.70. The topological polar surface area (TPSA) is 68.0 Å². The van der Waals surface area contributed by atoms with Crippen LogP contribution in [0.2, 0.25) is 0 Å². The summed E-state index contributed by atoms with van der Waals surface area (Å²) < 4.78 is 1.74. The molecule has 1 aliphatic rings. The highest BCUT2D eigenvalue weighted by atomic mass is 16.4. The van der Waals surface area contributed by atoms with E-state index in [1.165, 1.54) is 0 Å². The number of fused-ring (bicyclic) bond motifs is 1. The van der Waals surface area contributed by atoms with Crippen molar-refractivity contribution in [2.24, 2.45) is 0 Å². The van der Waals surface area contributed by atoms with Gasteiger partial charge in [0.25, 0.3) is 0 Å². The lowest BCUT2D eigenvalue weighted by Crippen LogP contribution is -2.03. The van der Waals surface area contributed by atoms with E-state index in [2.05, 4.69) is 10.1 Å². The summed E-state index contributed by atoms with van der Waals surface area (Å²) >= 11 is 0. The number of hydrogen-bond acceptors (Lipinski definition) is 3. The molecule has 0 radical (unpaired) electrons. The molecule has 1 aliphatic carbocycles. The Morgan fingerprint density at radius 1 is 1.59 bits per heavy atom. The Morgan fingerprint density at radius 3 is 2.94 bits per heavy atom. The molecule has 5 heteroatoms.